The van der Waals surface area contributed by atoms with Gasteiger partial charge in [0.15, 0.2) is 0 Å². The minimum atomic E-state index is -0.588. The van der Waals surface area contributed by atoms with Crippen LogP contribution in [0.1, 0.15) is 31.7 Å². The lowest BCUT2D eigenvalue weighted by atomic mass is 10.2. The Hall–Kier alpha value is -4.01. The van der Waals surface area contributed by atoms with Crippen molar-refractivity contribution in [3.8, 4) is 11.8 Å². The molecule has 2 aromatic rings. The molecule has 2 rings (SSSR count). The van der Waals surface area contributed by atoms with Crippen LogP contribution in [0.4, 0.5) is 21.8 Å². The molecule has 1 aromatic carbocycles. The van der Waals surface area contributed by atoms with Crippen LogP contribution in [-0.2, 0) is 9.59 Å². The fourth-order valence-electron chi connectivity index (χ4n) is 3.51. The topological polar surface area (TPSA) is 106 Å². The molecule has 0 aliphatic carbocycles. The summed E-state index contributed by atoms with van der Waals surface area (Å²) in [5.74, 6) is 6.40. The quantitative estimate of drug-likeness (QED) is 0.172. The van der Waals surface area contributed by atoms with Crippen LogP contribution in [0.15, 0.2) is 42.6 Å². The van der Waals surface area contributed by atoms with Gasteiger partial charge in [-0.1, -0.05) is 24.0 Å². The van der Waals surface area contributed by atoms with E-state index in [2.05, 4.69) is 42.7 Å². The summed E-state index contributed by atoms with van der Waals surface area (Å²) in [4.78, 5) is 39.1. The maximum atomic E-state index is 13.6. The minimum Gasteiger partial charge on any atom is -0.369 e. The number of rotatable bonds is 15. The van der Waals surface area contributed by atoms with Crippen LogP contribution in [0.2, 0.25) is 0 Å². The van der Waals surface area contributed by atoms with E-state index in [1.807, 2.05) is 33.1 Å². The normalized spacial score (nSPS) is 11.7. The molecule has 222 valence electrons. The predicted molar refractivity (Wildman–Crippen MR) is 162 cm³/mol. The summed E-state index contributed by atoms with van der Waals surface area (Å²) in [5.41, 5.74) is 1.20. The van der Waals surface area contributed by atoms with Gasteiger partial charge in [0.2, 0.25) is 17.8 Å². The second-order valence-corrected chi connectivity index (χ2v) is 10.2. The highest BCUT2D eigenvalue weighted by molar-refractivity contribution is 5.92. The molecule has 41 heavy (non-hydrogen) atoms. The van der Waals surface area contributed by atoms with E-state index in [9.17, 15) is 14.0 Å². The van der Waals surface area contributed by atoms with Crippen molar-refractivity contribution in [3.05, 3.63) is 54.0 Å². The van der Waals surface area contributed by atoms with Crippen molar-refractivity contribution in [2.24, 2.45) is 0 Å². The lowest BCUT2D eigenvalue weighted by Crippen LogP contribution is -2.45. The van der Waals surface area contributed by atoms with E-state index in [0.717, 1.165) is 13.0 Å². The summed E-state index contributed by atoms with van der Waals surface area (Å²) >= 11 is 0. The first-order valence-electron chi connectivity index (χ1n) is 13.7. The lowest BCUT2D eigenvalue weighted by molar-refractivity contribution is -0.135. The molecule has 1 atom stereocenters. The van der Waals surface area contributed by atoms with E-state index in [1.54, 1.807) is 38.4 Å². The molecule has 11 heteroatoms. The highest BCUT2D eigenvalue weighted by Gasteiger charge is 2.20. The molecule has 0 fully saturated rings. The maximum absolute atomic E-state index is 13.6. The zero-order valence-corrected chi connectivity index (χ0v) is 25.0. The number of anilines is 3. The van der Waals surface area contributed by atoms with E-state index in [-0.39, 0.29) is 17.6 Å². The number of carbonyl (C=O) groups is 2. The number of unbranched alkanes of at least 4 members (excludes halogenated alkanes) is 1. The number of likely N-dealkylation sites (N-methyl/N-ethyl adjacent to an activating group) is 2. The molecular formula is C30H43FN8O2. The standard InChI is InChI=1S/C30H43FN8O2/c1-23(39(6)27(40)16-11-19-37(2)3)29(41)33-17-9-7-8-13-24-22-34-30(35-26-15-10-14-25(31)21-26)36-28(24)32-18-12-20-38(4)5/h10-11,14-16,21-23H,7,9,12,17-20H2,1-6H3,(H,33,41)(H2,32,34,35,36)/t23-/m0/s1. The molecule has 0 aliphatic heterocycles. The van der Waals surface area contributed by atoms with Gasteiger partial charge in [0, 0.05) is 44.9 Å². The second-order valence-electron chi connectivity index (χ2n) is 10.2. The van der Waals surface area contributed by atoms with Crippen LogP contribution in [0.3, 0.4) is 0 Å². The molecule has 0 saturated carbocycles. The van der Waals surface area contributed by atoms with Crippen LogP contribution >= 0.6 is 0 Å². The molecule has 0 unspecified atom stereocenters. The first kappa shape index (κ1) is 33.2. The van der Waals surface area contributed by atoms with Crippen molar-refractivity contribution < 1.29 is 14.0 Å². The number of hydrogen-bond donors (Lipinski definition) is 3. The third-order valence-electron chi connectivity index (χ3n) is 5.98. The van der Waals surface area contributed by atoms with E-state index in [1.165, 1.54) is 23.1 Å². The van der Waals surface area contributed by atoms with Gasteiger partial charge >= 0.3 is 0 Å². The van der Waals surface area contributed by atoms with Gasteiger partial charge in [-0.15, -0.1) is 0 Å². The maximum Gasteiger partial charge on any atom is 0.246 e. The molecule has 0 spiro atoms. The van der Waals surface area contributed by atoms with Crippen LogP contribution in [-0.4, -0.2) is 104 Å². The number of amides is 2. The average molecular weight is 567 g/mol. The van der Waals surface area contributed by atoms with E-state index in [0.29, 0.717) is 55.5 Å². The SMILES string of the molecule is C[C@@H](C(=O)NCCCC#Cc1cnc(Nc2cccc(F)c2)nc1NCCCN(C)C)N(C)C(=O)C=CCN(C)C. The molecular weight excluding hydrogens is 523 g/mol. The van der Waals surface area contributed by atoms with Gasteiger partial charge in [-0.3, -0.25) is 9.59 Å². The number of nitrogens with zero attached hydrogens (tertiary/aromatic N) is 5. The van der Waals surface area contributed by atoms with Gasteiger partial charge < -0.3 is 30.7 Å². The van der Waals surface area contributed by atoms with Gasteiger partial charge in [0.1, 0.15) is 17.7 Å². The van der Waals surface area contributed by atoms with Gasteiger partial charge in [-0.05, 0) is 72.7 Å². The van der Waals surface area contributed by atoms with Crippen molar-refractivity contribution in [2.75, 3.05) is 72.1 Å². The molecule has 0 aliphatic rings. The zero-order chi connectivity index (χ0) is 30.2. The van der Waals surface area contributed by atoms with Crippen LogP contribution in [0, 0.1) is 17.7 Å². The van der Waals surface area contributed by atoms with Crippen molar-refractivity contribution >= 4 is 29.3 Å². The predicted octanol–water partition coefficient (Wildman–Crippen LogP) is 2.94. The summed E-state index contributed by atoms with van der Waals surface area (Å²) in [7, 11) is 9.50. The molecule has 0 radical (unpaired) electrons. The van der Waals surface area contributed by atoms with Gasteiger partial charge in [-0.2, -0.15) is 4.98 Å². The largest absolute Gasteiger partial charge is 0.369 e. The van der Waals surface area contributed by atoms with Crippen LogP contribution < -0.4 is 16.0 Å². The van der Waals surface area contributed by atoms with Crippen LogP contribution in [0.5, 0.6) is 0 Å². The lowest BCUT2D eigenvalue weighted by Gasteiger charge is -2.23. The van der Waals surface area contributed by atoms with Gasteiger partial charge in [-0.25, -0.2) is 9.37 Å². The Balaban J connectivity index is 1.92. The molecule has 1 heterocycles. The monoisotopic (exact) mass is 566 g/mol. The molecule has 3 N–H and O–H groups in total. The molecule has 2 amide bonds. The molecule has 10 nitrogen and oxygen atoms in total. The molecule has 0 bridgehead atoms. The number of halogens is 1. The Kier molecular flexibility index (Phi) is 14.3. The van der Waals surface area contributed by atoms with E-state index in [4.69, 9.17) is 0 Å². The van der Waals surface area contributed by atoms with Crippen molar-refractivity contribution in [1.29, 1.82) is 0 Å². The smallest absolute Gasteiger partial charge is 0.246 e. The van der Waals surface area contributed by atoms with E-state index >= 15 is 0 Å². The average Bonchev–Trinajstić information content (AvgIpc) is 2.92. The third kappa shape index (κ3) is 12.8. The number of carbonyl (C=O) groups excluding carboxylic acids is 2. The van der Waals surface area contributed by atoms with Crippen molar-refractivity contribution in [2.45, 2.75) is 32.2 Å². The Morgan fingerprint density at radius 1 is 1.10 bits per heavy atom. The van der Waals surface area contributed by atoms with Crippen LogP contribution in [0.25, 0.3) is 0 Å². The zero-order valence-electron chi connectivity index (χ0n) is 25.0. The van der Waals surface area contributed by atoms with Crippen molar-refractivity contribution in [3.63, 3.8) is 0 Å². The Morgan fingerprint density at radius 2 is 1.88 bits per heavy atom. The number of hydrogen-bond acceptors (Lipinski definition) is 8. The third-order valence-corrected chi connectivity index (χ3v) is 5.98. The summed E-state index contributed by atoms with van der Waals surface area (Å²) < 4.78 is 13.6. The fourth-order valence-corrected chi connectivity index (χ4v) is 3.51. The Bertz CT molecular complexity index is 1220. The summed E-state index contributed by atoms with van der Waals surface area (Å²) in [6, 6.07) is 5.52. The number of benzene rings is 1. The summed E-state index contributed by atoms with van der Waals surface area (Å²) in [6.07, 6.45) is 7.02. The van der Waals surface area contributed by atoms with Gasteiger partial charge in [0.25, 0.3) is 0 Å². The van der Waals surface area contributed by atoms with Crippen molar-refractivity contribution in [1.82, 2.24) is 30.0 Å². The first-order valence-corrected chi connectivity index (χ1v) is 13.7. The Labute approximate surface area is 243 Å². The molecule has 1 aromatic heterocycles. The van der Waals surface area contributed by atoms with E-state index < -0.39 is 6.04 Å². The molecule has 0 saturated heterocycles. The van der Waals surface area contributed by atoms with Gasteiger partial charge in [0.05, 0.1) is 11.8 Å². The Morgan fingerprint density at radius 3 is 2.59 bits per heavy atom. The second kappa shape index (κ2) is 17.6. The number of aromatic nitrogens is 2. The summed E-state index contributed by atoms with van der Waals surface area (Å²) in [5, 5.41) is 9.23. The first-order chi connectivity index (χ1) is 19.6. The highest BCUT2D eigenvalue weighted by Crippen LogP contribution is 2.18. The highest BCUT2D eigenvalue weighted by atomic mass is 19.1. The number of nitrogens with one attached hydrogen (secondary N) is 3. The summed E-state index contributed by atoms with van der Waals surface area (Å²) in [6.45, 7) is 4.42. The fraction of sp³-hybridized carbons (Fsp3) is 0.467. The minimum absolute atomic E-state index is 0.214.